The van der Waals surface area contributed by atoms with Crippen LogP contribution in [0, 0.1) is 0 Å². The topological polar surface area (TPSA) is 82.5 Å². The Kier molecular flexibility index (Phi) is 7.45. The summed E-state index contributed by atoms with van der Waals surface area (Å²) in [6, 6.07) is 15.7. The van der Waals surface area contributed by atoms with Crippen LogP contribution in [0.4, 0.5) is 0 Å². The minimum absolute atomic E-state index is 0.243. The largest absolute Gasteiger partial charge is 0.493 e. The molecule has 1 heterocycles. The van der Waals surface area contributed by atoms with Crippen molar-refractivity contribution < 1.29 is 14.3 Å². The number of amides is 1. The quantitative estimate of drug-likeness (QED) is 0.544. The Morgan fingerprint density at radius 1 is 1.06 bits per heavy atom. The van der Waals surface area contributed by atoms with Crippen molar-refractivity contribution in [3.8, 4) is 22.8 Å². The van der Waals surface area contributed by atoms with Gasteiger partial charge < -0.3 is 14.8 Å². The van der Waals surface area contributed by atoms with Gasteiger partial charge in [0.2, 0.25) is 5.91 Å². The number of aromatic nitrogens is 2. The molecule has 0 fully saturated rings. The van der Waals surface area contributed by atoms with Gasteiger partial charge >= 0.3 is 0 Å². The summed E-state index contributed by atoms with van der Waals surface area (Å²) in [6.45, 7) is 0.502. The molecule has 0 aliphatic heterocycles. The number of hydrogen-bond acceptors (Lipinski definition) is 5. The number of halogens is 1. The summed E-state index contributed by atoms with van der Waals surface area (Å²) in [7, 11) is 3.11. The molecule has 0 radical (unpaired) electrons. The van der Waals surface area contributed by atoms with Crippen molar-refractivity contribution in [1.82, 2.24) is 15.1 Å². The van der Waals surface area contributed by atoms with Gasteiger partial charge in [0.1, 0.15) is 0 Å². The van der Waals surface area contributed by atoms with Gasteiger partial charge in [-0.3, -0.25) is 9.59 Å². The first-order valence-corrected chi connectivity index (χ1v) is 9.90. The summed E-state index contributed by atoms with van der Waals surface area (Å²) in [6.07, 6.45) is 3.09. The molecule has 0 aliphatic rings. The minimum Gasteiger partial charge on any atom is -0.493 e. The highest BCUT2D eigenvalue weighted by Crippen LogP contribution is 2.27. The van der Waals surface area contributed by atoms with Crippen molar-refractivity contribution >= 4 is 23.6 Å². The third kappa shape index (κ3) is 5.96. The normalized spacial score (nSPS) is 10.8. The van der Waals surface area contributed by atoms with Crippen LogP contribution in [-0.4, -0.2) is 36.5 Å². The molecule has 31 heavy (non-hydrogen) atoms. The number of methoxy groups -OCH3 is 2. The summed E-state index contributed by atoms with van der Waals surface area (Å²) >= 11 is 5.91. The first kappa shape index (κ1) is 22.1. The van der Waals surface area contributed by atoms with Crippen LogP contribution in [0.1, 0.15) is 5.56 Å². The Labute approximate surface area is 184 Å². The lowest BCUT2D eigenvalue weighted by Crippen LogP contribution is -2.31. The zero-order valence-corrected chi connectivity index (χ0v) is 17.9. The Morgan fingerprint density at radius 2 is 1.81 bits per heavy atom. The minimum atomic E-state index is -0.281. The lowest BCUT2D eigenvalue weighted by molar-refractivity contribution is -0.116. The molecule has 7 nitrogen and oxygen atoms in total. The van der Waals surface area contributed by atoms with E-state index >= 15 is 0 Å². The second-order valence-corrected chi connectivity index (χ2v) is 6.96. The molecule has 0 saturated heterocycles. The zero-order chi connectivity index (χ0) is 22.2. The van der Waals surface area contributed by atoms with E-state index in [-0.39, 0.29) is 24.6 Å². The molecule has 2 aromatic carbocycles. The molecule has 0 saturated carbocycles. The van der Waals surface area contributed by atoms with Gasteiger partial charge in [-0.2, -0.15) is 5.10 Å². The summed E-state index contributed by atoms with van der Waals surface area (Å²) in [4.78, 5) is 24.2. The lowest BCUT2D eigenvalue weighted by Gasteiger charge is -2.08. The van der Waals surface area contributed by atoms with Crippen molar-refractivity contribution in [2.45, 2.75) is 6.54 Å². The van der Waals surface area contributed by atoms with Gasteiger partial charge in [0, 0.05) is 29.3 Å². The van der Waals surface area contributed by atoms with Gasteiger partial charge in [0.25, 0.3) is 5.56 Å². The predicted octanol–water partition coefficient (Wildman–Crippen LogP) is 3.41. The molecule has 1 N–H and O–H groups in total. The molecular formula is C23H22ClN3O4. The molecule has 0 aliphatic carbocycles. The molecule has 3 rings (SSSR count). The number of rotatable bonds is 8. The van der Waals surface area contributed by atoms with Crippen LogP contribution >= 0.6 is 11.6 Å². The van der Waals surface area contributed by atoms with Crippen molar-refractivity contribution in [1.29, 1.82) is 0 Å². The van der Waals surface area contributed by atoms with E-state index in [1.165, 1.54) is 16.8 Å². The van der Waals surface area contributed by atoms with Gasteiger partial charge in [-0.05, 0) is 42.0 Å². The number of nitrogens with one attached hydrogen (secondary N) is 1. The Bertz CT molecular complexity index is 1140. The highest BCUT2D eigenvalue weighted by molar-refractivity contribution is 6.30. The van der Waals surface area contributed by atoms with Crippen molar-refractivity contribution in [2.24, 2.45) is 0 Å². The molecule has 0 spiro atoms. The standard InChI is InChI=1S/C23H22ClN3O4/c1-30-20-10-3-16(15-21(20)31-2)4-11-22(28)25-13-14-27-23(29)12-9-19(26-27)17-5-7-18(24)8-6-17/h3-12,15H,13-14H2,1-2H3,(H,25,28)/b11-4+. The molecule has 0 unspecified atom stereocenters. The lowest BCUT2D eigenvalue weighted by atomic mass is 10.1. The van der Waals surface area contributed by atoms with E-state index in [4.69, 9.17) is 21.1 Å². The van der Waals surface area contributed by atoms with Crippen LogP contribution in [0.15, 0.2) is 65.5 Å². The van der Waals surface area contributed by atoms with Crippen LogP contribution in [-0.2, 0) is 11.3 Å². The fourth-order valence-electron chi connectivity index (χ4n) is 2.86. The number of hydrogen-bond donors (Lipinski definition) is 1. The molecule has 1 aromatic heterocycles. The van der Waals surface area contributed by atoms with E-state index in [1.54, 1.807) is 50.6 Å². The van der Waals surface area contributed by atoms with Gasteiger partial charge in [0.05, 0.1) is 26.5 Å². The molecular weight excluding hydrogens is 418 g/mol. The summed E-state index contributed by atoms with van der Waals surface area (Å²) < 4.78 is 11.8. The first-order valence-electron chi connectivity index (χ1n) is 9.52. The van der Waals surface area contributed by atoms with Crippen LogP contribution in [0.2, 0.25) is 5.02 Å². The maximum absolute atomic E-state index is 12.1. The van der Waals surface area contributed by atoms with Crippen molar-refractivity contribution in [2.75, 3.05) is 20.8 Å². The predicted molar refractivity (Wildman–Crippen MR) is 121 cm³/mol. The van der Waals surface area contributed by atoms with E-state index in [0.717, 1.165) is 11.1 Å². The molecule has 3 aromatic rings. The second kappa shape index (κ2) is 10.4. The van der Waals surface area contributed by atoms with Crippen molar-refractivity contribution in [3.63, 3.8) is 0 Å². The van der Waals surface area contributed by atoms with E-state index in [2.05, 4.69) is 10.4 Å². The molecule has 1 amide bonds. The van der Waals surface area contributed by atoms with Gasteiger partial charge in [-0.25, -0.2) is 4.68 Å². The summed E-state index contributed by atoms with van der Waals surface area (Å²) in [5.41, 5.74) is 2.05. The van der Waals surface area contributed by atoms with E-state index in [1.807, 2.05) is 18.2 Å². The van der Waals surface area contributed by atoms with Gasteiger partial charge in [-0.1, -0.05) is 29.8 Å². The SMILES string of the molecule is COc1ccc(/C=C/C(=O)NCCn2nc(-c3ccc(Cl)cc3)ccc2=O)cc1OC. The molecule has 160 valence electrons. The van der Waals surface area contributed by atoms with Crippen LogP contribution in [0.25, 0.3) is 17.3 Å². The highest BCUT2D eigenvalue weighted by atomic mass is 35.5. The average molecular weight is 440 g/mol. The maximum Gasteiger partial charge on any atom is 0.266 e. The fourth-order valence-corrected chi connectivity index (χ4v) is 2.98. The van der Waals surface area contributed by atoms with Gasteiger partial charge in [-0.15, -0.1) is 0 Å². The Hall–Kier alpha value is -3.58. The van der Waals surface area contributed by atoms with Gasteiger partial charge in [0.15, 0.2) is 11.5 Å². The summed E-state index contributed by atoms with van der Waals surface area (Å²) in [5.74, 6) is 0.913. The van der Waals surface area contributed by atoms with E-state index in [0.29, 0.717) is 22.2 Å². The molecule has 8 heteroatoms. The van der Waals surface area contributed by atoms with Crippen LogP contribution < -0.4 is 20.3 Å². The smallest absolute Gasteiger partial charge is 0.266 e. The third-order valence-corrected chi connectivity index (χ3v) is 4.72. The summed E-state index contributed by atoms with van der Waals surface area (Å²) in [5, 5.41) is 7.74. The monoisotopic (exact) mass is 439 g/mol. The maximum atomic E-state index is 12.1. The number of nitrogens with zero attached hydrogens (tertiary/aromatic N) is 2. The second-order valence-electron chi connectivity index (χ2n) is 6.53. The van der Waals surface area contributed by atoms with Crippen LogP contribution in [0.5, 0.6) is 11.5 Å². The average Bonchev–Trinajstić information content (AvgIpc) is 2.79. The van der Waals surface area contributed by atoms with Crippen LogP contribution in [0.3, 0.4) is 0 Å². The molecule has 0 atom stereocenters. The van der Waals surface area contributed by atoms with E-state index < -0.39 is 0 Å². The Morgan fingerprint density at radius 3 is 2.52 bits per heavy atom. The zero-order valence-electron chi connectivity index (χ0n) is 17.2. The van der Waals surface area contributed by atoms with E-state index in [9.17, 15) is 9.59 Å². The first-order chi connectivity index (χ1) is 15.0. The third-order valence-electron chi connectivity index (χ3n) is 4.46. The molecule has 0 bridgehead atoms. The highest BCUT2D eigenvalue weighted by Gasteiger charge is 2.05. The Balaban J connectivity index is 1.59. The van der Waals surface area contributed by atoms with Crippen molar-refractivity contribution in [3.05, 3.63) is 81.6 Å². The number of benzene rings is 2. The number of carbonyl (C=O) groups is 1. The fraction of sp³-hybridized carbons (Fsp3) is 0.174. The number of carbonyl (C=O) groups excluding carboxylic acids is 1. The number of ether oxygens (including phenoxy) is 2.